The van der Waals surface area contributed by atoms with Gasteiger partial charge in [0.15, 0.2) is 23.0 Å². The molecule has 0 aliphatic carbocycles. The van der Waals surface area contributed by atoms with Gasteiger partial charge in [0, 0.05) is 11.1 Å². The normalized spacial score (nSPS) is 10.4. The first kappa shape index (κ1) is 20.3. The van der Waals surface area contributed by atoms with Crippen molar-refractivity contribution in [2.75, 3.05) is 42.7 Å². The van der Waals surface area contributed by atoms with Gasteiger partial charge < -0.3 is 32.8 Å². The molecular formula is C22H24O7. The summed E-state index contributed by atoms with van der Waals surface area (Å²) in [6.07, 6.45) is 3.33. The molecule has 7 nitrogen and oxygen atoms in total. The van der Waals surface area contributed by atoms with Crippen LogP contribution in [0.2, 0.25) is 0 Å². The van der Waals surface area contributed by atoms with Gasteiger partial charge in [-0.25, -0.2) is 0 Å². The lowest BCUT2D eigenvalue weighted by molar-refractivity contribution is 0.324. The summed E-state index contributed by atoms with van der Waals surface area (Å²) in [5, 5.41) is 0. The molecule has 3 aromatic rings. The fraction of sp³-hybridized carbons (Fsp3) is 0.273. The lowest BCUT2D eigenvalue weighted by Gasteiger charge is -2.16. The summed E-state index contributed by atoms with van der Waals surface area (Å²) < 4.78 is 38.3. The number of methoxy groups -OCH3 is 6. The van der Waals surface area contributed by atoms with Gasteiger partial charge in [0.2, 0.25) is 11.5 Å². The van der Waals surface area contributed by atoms with E-state index in [1.54, 1.807) is 55.2 Å². The highest BCUT2D eigenvalue weighted by molar-refractivity contribution is 5.86. The van der Waals surface area contributed by atoms with Crippen LogP contribution < -0.4 is 28.4 Å². The van der Waals surface area contributed by atoms with Gasteiger partial charge in [-0.3, -0.25) is 0 Å². The highest BCUT2D eigenvalue weighted by atomic mass is 16.5. The molecule has 0 N–H and O–H groups in total. The second-order valence-corrected chi connectivity index (χ2v) is 6.03. The summed E-state index contributed by atoms with van der Waals surface area (Å²) in [6, 6.07) is 7.47. The van der Waals surface area contributed by atoms with Gasteiger partial charge in [-0.1, -0.05) is 0 Å². The maximum absolute atomic E-state index is 5.54. The van der Waals surface area contributed by atoms with Crippen LogP contribution in [0.4, 0.5) is 0 Å². The van der Waals surface area contributed by atoms with Crippen molar-refractivity contribution >= 4 is 0 Å². The third-order valence-electron chi connectivity index (χ3n) is 4.61. The highest BCUT2D eigenvalue weighted by Crippen LogP contribution is 2.46. The minimum atomic E-state index is 0.525. The van der Waals surface area contributed by atoms with Crippen LogP contribution in [-0.2, 0) is 0 Å². The minimum Gasteiger partial charge on any atom is -0.493 e. The van der Waals surface area contributed by atoms with Crippen molar-refractivity contribution in [3.8, 4) is 56.8 Å². The largest absolute Gasteiger partial charge is 0.493 e. The quantitative estimate of drug-likeness (QED) is 0.544. The Hall–Kier alpha value is -3.48. The van der Waals surface area contributed by atoms with Gasteiger partial charge in [-0.15, -0.1) is 0 Å². The zero-order valence-corrected chi connectivity index (χ0v) is 17.3. The van der Waals surface area contributed by atoms with Gasteiger partial charge in [0.1, 0.15) is 0 Å². The van der Waals surface area contributed by atoms with E-state index < -0.39 is 0 Å². The first-order chi connectivity index (χ1) is 14.1. The Balaban J connectivity index is 2.19. The summed E-state index contributed by atoms with van der Waals surface area (Å²) in [4.78, 5) is 0. The number of benzene rings is 2. The number of ether oxygens (including phenoxy) is 6. The fourth-order valence-corrected chi connectivity index (χ4v) is 3.22. The Morgan fingerprint density at radius 2 is 0.793 bits per heavy atom. The molecule has 3 rings (SSSR count). The van der Waals surface area contributed by atoms with Crippen molar-refractivity contribution < 1.29 is 32.8 Å². The number of hydrogen-bond donors (Lipinski definition) is 0. The average molecular weight is 400 g/mol. The molecule has 0 aliphatic heterocycles. The lowest BCUT2D eigenvalue weighted by Crippen LogP contribution is -1.96. The molecule has 0 fully saturated rings. The summed E-state index contributed by atoms with van der Waals surface area (Å²) in [7, 11) is 9.46. The van der Waals surface area contributed by atoms with Gasteiger partial charge >= 0.3 is 0 Å². The van der Waals surface area contributed by atoms with E-state index in [0.717, 1.165) is 22.3 Å². The van der Waals surface area contributed by atoms with Gasteiger partial charge in [0.05, 0.1) is 55.2 Å². The highest BCUT2D eigenvalue weighted by Gasteiger charge is 2.20. The fourth-order valence-electron chi connectivity index (χ4n) is 3.22. The molecule has 0 saturated heterocycles. The molecule has 0 bridgehead atoms. The molecule has 0 aliphatic rings. The van der Waals surface area contributed by atoms with E-state index in [4.69, 9.17) is 32.8 Å². The van der Waals surface area contributed by atoms with Crippen LogP contribution in [-0.4, -0.2) is 42.7 Å². The Labute approximate surface area is 169 Å². The minimum absolute atomic E-state index is 0.525. The summed E-state index contributed by atoms with van der Waals surface area (Å²) in [5.74, 6) is 3.27. The van der Waals surface area contributed by atoms with Crippen LogP contribution in [0.1, 0.15) is 0 Å². The Morgan fingerprint density at radius 3 is 1.03 bits per heavy atom. The maximum atomic E-state index is 5.54. The predicted molar refractivity (Wildman–Crippen MR) is 109 cm³/mol. The summed E-state index contributed by atoms with van der Waals surface area (Å²) in [5.41, 5.74) is 3.38. The van der Waals surface area contributed by atoms with E-state index >= 15 is 0 Å². The monoisotopic (exact) mass is 400 g/mol. The van der Waals surface area contributed by atoms with E-state index in [-0.39, 0.29) is 0 Å². The molecule has 0 atom stereocenters. The van der Waals surface area contributed by atoms with E-state index in [9.17, 15) is 0 Å². The molecule has 7 heteroatoms. The first-order valence-corrected chi connectivity index (χ1v) is 8.78. The second-order valence-electron chi connectivity index (χ2n) is 6.03. The van der Waals surface area contributed by atoms with Gasteiger partial charge in [0.25, 0.3) is 0 Å². The molecule has 0 spiro atoms. The third-order valence-corrected chi connectivity index (χ3v) is 4.61. The van der Waals surface area contributed by atoms with Crippen LogP contribution >= 0.6 is 0 Å². The topological polar surface area (TPSA) is 68.5 Å². The molecule has 0 radical (unpaired) electrons. The van der Waals surface area contributed by atoms with Crippen LogP contribution in [0, 0.1) is 0 Å². The number of hydrogen-bond acceptors (Lipinski definition) is 7. The van der Waals surface area contributed by atoms with Crippen LogP contribution in [0.3, 0.4) is 0 Å². The molecule has 0 saturated carbocycles. The molecule has 29 heavy (non-hydrogen) atoms. The average Bonchev–Trinajstić information content (AvgIpc) is 3.26. The van der Waals surface area contributed by atoms with Crippen LogP contribution in [0.5, 0.6) is 34.5 Å². The molecule has 1 heterocycles. The molecule has 1 aromatic heterocycles. The smallest absolute Gasteiger partial charge is 0.203 e. The maximum Gasteiger partial charge on any atom is 0.203 e. The van der Waals surface area contributed by atoms with Crippen LogP contribution in [0.15, 0.2) is 41.2 Å². The van der Waals surface area contributed by atoms with E-state index in [1.807, 2.05) is 24.3 Å². The first-order valence-electron chi connectivity index (χ1n) is 8.78. The molecular weight excluding hydrogens is 376 g/mol. The Morgan fingerprint density at radius 1 is 0.483 bits per heavy atom. The van der Waals surface area contributed by atoms with Crippen molar-refractivity contribution in [2.45, 2.75) is 0 Å². The molecule has 2 aromatic carbocycles. The summed E-state index contributed by atoms with van der Waals surface area (Å²) >= 11 is 0. The van der Waals surface area contributed by atoms with Gasteiger partial charge in [-0.05, 0) is 35.4 Å². The molecule has 154 valence electrons. The van der Waals surface area contributed by atoms with Crippen molar-refractivity contribution in [1.29, 1.82) is 0 Å². The zero-order chi connectivity index (χ0) is 21.0. The van der Waals surface area contributed by atoms with E-state index in [1.165, 1.54) is 0 Å². The molecule has 0 unspecified atom stereocenters. The van der Waals surface area contributed by atoms with Crippen molar-refractivity contribution in [3.63, 3.8) is 0 Å². The Kier molecular flexibility index (Phi) is 6.07. The number of rotatable bonds is 8. The molecule has 0 amide bonds. The zero-order valence-electron chi connectivity index (χ0n) is 17.3. The van der Waals surface area contributed by atoms with Crippen molar-refractivity contribution in [1.82, 2.24) is 0 Å². The summed E-state index contributed by atoms with van der Waals surface area (Å²) in [6.45, 7) is 0. The second kappa shape index (κ2) is 8.68. The Bertz CT molecular complexity index is 863. The third kappa shape index (κ3) is 3.63. The van der Waals surface area contributed by atoms with E-state index in [2.05, 4.69) is 0 Å². The van der Waals surface area contributed by atoms with Crippen molar-refractivity contribution in [3.05, 3.63) is 36.8 Å². The lowest BCUT2D eigenvalue weighted by atomic mass is 9.97. The van der Waals surface area contributed by atoms with Crippen LogP contribution in [0.25, 0.3) is 22.3 Å². The standard InChI is InChI=1S/C22H24O7/c1-23-17-7-13(8-18(24-2)21(17)27-5)15-11-29-12-16(15)14-9-19(25-3)22(28-6)20(10-14)26-4/h7-12H,1-6H3. The van der Waals surface area contributed by atoms with E-state index in [0.29, 0.717) is 34.5 Å². The SMILES string of the molecule is COc1cc(-c2cocc2-c2cc(OC)c(OC)c(OC)c2)cc(OC)c1OC. The predicted octanol–water partition coefficient (Wildman–Crippen LogP) is 4.67. The number of furan rings is 1. The van der Waals surface area contributed by atoms with Crippen molar-refractivity contribution in [2.24, 2.45) is 0 Å². The van der Waals surface area contributed by atoms with Gasteiger partial charge in [-0.2, -0.15) is 0 Å².